The predicted octanol–water partition coefficient (Wildman–Crippen LogP) is 4.09. The molecular weight excluding hydrogens is 524 g/mol. The van der Waals surface area contributed by atoms with E-state index < -0.39 is 12.1 Å². The van der Waals surface area contributed by atoms with Gasteiger partial charge >= 0.3 is 5.97 Å². The lowest BCUT2D eigenvalue weighted by Gasteiger charge is -2.18. The number of aryl methyl sites for hydroxylation is 2. The lowest BCUT2D eigenvalue weighted by molar-refractivity contribution is -0.141. The summed E-state index contributed by atoms with van der Waals surface area (Å²) in [6.45, 7) is 5.73. The van der Waals surface area contributed by atoms with Crippen molar-refractivity contribution in [3.63, 3.8) is 0 Å². The van der Waals surface area contributed by atoms with E-state index in [0.29, 0.717) is 31.8 Å². The molecular formula is C33H36O8. The minimum atomic E-state index is -0.947. The molecule has 0 aromatic heterocycles. The van der Waals surface area contributed by atoms with Crippen LogP contribution in [0.1, 0.15) is 22.3 Å². The second-order valence-corrected chi connectivity index (χ2v) is 10.1. The number of hydrogen-bond acceptors (Lipinski definition) is 8. The molecule has 3 unspecified atom stereocenters. The van der Waals surface area contributed by atoms with Crippen LogP contribution in [0.15, 0.2) is 79.4 Å². The largest absolute Gasteiger partial charge is 0.490 e. The fraction of sp³-hybridized carbons (Fsp3) is 0.364. The Kier molecular flexibility index (Phi) is 9.91. The van der Waals surface area contributed by atoms with Crippen LogP contribution in [0.2, 0.25) is 0 Å². The number of aliphatic hydroxyl groups is 1. The Morgan fingerprint density at radius 2 is 1.39 bits per heavy atom. The summed E-state index contributed by atoms with van der Waals surface area (Å²) in [6, 6.07) is 22.1. The van der Waals surface area contributed by atoms with E-state index in [2.05, 4.69) is 30.8 Å². The Hall–Kier alpha value is -3.85. The molecule has 8 nitrogen and oxygen atoms in total. The maximum atomic E-state index is 11.3. The normalized spacial score (nSPS) is 17.8. The molecule has 2 aliphatic rings. The van der Waals surface area contributed by atoms with Crippen molar-refractivity contribution in [3.8, 4) is 17.2 Å². The summed E-state index contributed by atoms with van der Waals surface area (Å²) in [6.07, 6.45) is 2.54. The molecule has 8 heteroatoms. The first-order valence-corrected chi connectivity index (χ1v) is 13.9. The highest BCUT2D eigenvalue weighted by molar-refractivity contribution is 5.81. The topological polar surface area (TPSA) is 99.3 Å². The van der Waals surface area contributed by atoms with Gasteiger partial charge in [-0.3, -0.25) is 0 Å². The summed E-state index contributed by atoms with van der Waals surface area (Å²) in [5.41, 5.74) is 4.28. The molecule has 5 rings (SSSR count). The Bertz CT molecular complexity index is 1310. The number of benzene rings is 3. The third kappa shape index (κ3) is 8.82. The molecule has 0 spiro atoms. The van der Waals surface area contributed by atoms with Gasteiger partial charge in [-0.15, -0.1) is 0 Å². The van der Waals surface area contributed by atoms with Crippen molar-refractivity contribution in [1.82, 2.24) is 0 Å². The van der Waals surface area contributed by atoms with Crippen LogP contribution in [0.25, 0.3) is 0 Å². The molecule has 3 aromatic rings. The van der Waals surface area contributed by atoms with E-state index >= 15 is 0 Å². The zero-order chi connectivity index (χ0) is 28.4. The van der Waals surface area contributed by atoms with Gasteiger partial charge in [0.2, 0.25) is 0 Å². The zero-order valence-corrected chi connectivity index (χ0v) is 23.0. The van der Waals surface area contributed by atoms with Crippen molar-refractivity contribution in [2.45, 2.75) is 37.6 Å². The van der Waals surface area contributed by atoms with Crippen LogP contribution in [-0.2, 0) is 38.3 Å². The summed E-state index contributed by atoms with van der Waals surface area (Å²) < 4.78 is 33.9. The van der Waals surface area contributed by atoms with E-state index in [9.17, 15) is 9.90 Å². The first-order chi connectivity index (χ1) is 20.1. The minimum absolute atomic E-state index is 0.00101. The van der Waals surface area contributed by atoms with Crippen molar-refractivity contribution in [2.75, 3.05) is 39.6 Å². The number of epoxide rings is 2. The highest BCUT2D eigenvalue weighted by Crippen LogP contribution is 2.32. The number of esters is 1. The first kappa shape index (κ1) is 28.7. The quantitative estimate of drug-likeness (QED) is 0.150. The van der Waals surface area contributed by atoms with E-state index in [-0.39, 0.29) is 25.4 Å². The van der Waals surface area contributed by atoms with E-state index in [4.69, 9.17) is 28.4 Å². The highest BCUT2D eigenvalue weighted by atomic mass is 16.6. The minimum Gasteiger partial charge on any atom is -0.490 e. The standard InChI is InChI=1S/C33H36O8/c1-2-32(35)40-18-27(34)17-38-30-12-5-3-8-23(30)14-15-24-10-7-11-26(33(24)41-22-29-20-37-29)16-25-9-4-6-13-31(25)39-21-28-19-36-28/h2-13,27-29,34H,1,14-22H2. The fourth-order valence-electron chi connectivity index (χ4n) is 4.43. The number of aliphatic hydroxyl groups excluding tert-OH is 1. The number of ether oxygens (including phenoxy) is 6. The maximum Gasteiger partial charge on any atom is 0.330 e. The molecule has 2 fully saturated rings. The molecule has 0 bridgehead atoms. The Labute approximate surface area is 240 Å². The van der Waals surface area contributed by atoms with Crippen molar-refractivity contribution in [1.29, 1.82) is 0 Å². The molecule has 0 aliphatic carbocycles. The van der Waals surface area contributed by atoms with Gasteiger partial charge in [-0.1, -0.05) is 61.2 Å². The lowest BCUT2D eigenvalue weighted by Crippen LogP contribution is -2.25. The van der Waals surface area contributed by atoms with E-state index in [1.807, 2.05) is 42.5 Å². The molecule has 3 atom stereocenters. The summed E-state index contributed by atoms with van der Waals surface area (Å²) in [7, 11) is 0. The lowest BCUT2D eigenvalue weighted by atomic mass is 9.97. The molecule has 0 saturated carbocycles. The molecule has 41 heavy (non-hydrogen) atoms. The van der Waals surface area contributed by atoms with Crippen LogP contribution >= 0.6 is 0 Å². The van der Waals surface area contributed by atoms with Gasteiger partial charge < -0.3 is 33.5 Å². The van der Waals surface area contributed by atoms with Gasteiger partial charge in [-0.05, 0) is 47.2 Å². The SMILES string of the molecule is C=CC(=O)OCC(O)COc1ccccc1CCc1cccc(Cc2ccccc2OCC2CO2)c1OCC1CO1. The van der Waals surface area contributed by atoms with Gasteiger partial charge in [0.1, 0.15) is 62.0 Å². The first-order valence-electron chi connectivity index (χ1n) is 13.9. The summed E-state index contributed by atoms with van der Waals surface area (Å²) in [5.74, 6) is 1.83. The van der Waals surface area contributed by atoms with Crippen molar-refractivity contribution >= 4 is 5.97 Å². The van der Waals surface area contributed by atoms with E-state index in [1.54, 1.807) is 0 Å². The molecule has 216 valence electrons. The number of hydrogen-bond donors (Lipinski definition) is 1. The fourth-order valence-corrected chi connectivity index (χ4v) is 4.43. The van der Waals surface area contributed by atoms with Gasteiger partial charge in [0.05, 0.1) is 13.2 Å². The van der Waals surface area contributed by atoms with Crippen LogP contribution in [0, 0.1) is 0 Å². The maximum absolute atomic E-state index is 11.3. The van der Waals surface area contributed by atoms with Crippen LogP contribution in [0.5, 0.6) is 17.2 Å². The number of para-hydroxylation sites is 3. The summed E-state index contributed by atoms with van der Waals surface area (Å²) in [5, 5.41) is 10.2. The molecule has 3 aromatic carbocycles. The van der Waals surface area contributed by atoms with Crippen molar-refractivity contribution in [2.24, 2.45) is 0 Å². The average molecular weight is 561 g/mol. The van der Waals surface area contributed by atoms with Crippen LogP contribution in [0.4, 0.5) is 0 Å². The van der Waals surface area contributed by atoms with Gasteiger partial charge in [0.15, 0.2) is 0 Å². The number of carbonyl (C=O) groups excluding carboxylic acids is 1. The Morgan fingerprint density at radius 1 is 0.805 bits per heavy atom. The monoisotopic (exact) mass is 560 g/mol. The Balaban J connectivity index is 1.27. The molecule has 1 N–H and O–H groups in total. The van der Waals surface area contributed by atoms with Crippen LogP contribution < -0.4 is 14.2 Å². The van der Waals surface area contributed by atoms with E-state index in [0.717, 1.165) is 59.5 Å². The van der Waals surface area contributed by atoms with Gasteiger partial charge in [-0.2, -0.15) is 0 Å². The van der Waals surface area contributed by atoms with Crippen LogP contribution in [-0.4, -0.2) is 69.0 Å². The van der Waals surface area contributed by atoms with Crippen LogP contribution in [0.3, 0.4) is 0 Å². The molecule has 0 amide bonds. The van der Waals surface area contributed by atoms with E-state index in [1.165, 1.54) is 0 Å². The second-order valence-electron chi connectivity index (χ2n) is 10.1. The van der Waals surface area contributed by atoms with Gasteiger partial charge in [0, 0.05) is 12.5 Å². The smallest absolute Gasteiger partial charge is 0.330 e. The average Bonchev–Trinajstić information content (AvgIpc) is 3.93. The number of carbonyl (C=O) groups is 1. The zero-order valence-electron chi connectivity index (χ0n) is 23.0. The second kappa shape index (κ2) is 14.2. The Morgan fingerprint density at radius 3 is 2.10 bits per heavy atom. The van der Waals surface area contributed by atoms with Gasteiger partial charge in [-0.25, -0.2) is 4.79 Å². The molecule has 2 heterocycles. The number of rotatable bonds is 17. The molecule has 2 saturated heterocycles. The third-order valence-corrected chi connectivity index (χ3v) is 6.83. The predicted molar refractivity (Wildman–Crippen MR) is 153 cm³/mol. The summed E-state index contributed by atoms with van der Waals surface area (Å²) in [4.78, 5) is 11.3. The summed E-state index contributed by atoms with van der Waals surface area (Å²) >= 11 is 0. The molecule has 0 radical (unpaired) electrons. The third-order valence-electron chi connectivity index (χ3n) is 6.83. The molecule has 2 aliphatic heterocycles. The van der Waals surface area contributed by atoms with Crippen molar-refractivity contribution in [3.05, 3.63) is 102 Å². The highest BCUT2D eigenvalue weighted by Gasteiger charge is 2.25. The van der Waals surface area contributed by atoms with Crippen molar-refractivity contribution < 1.29 is 38.3 Å². The van der Waals surface area contributed by atoms with Gasteiger partial charge in [0.25, 0.3) is 0 Å².